The highest BCUT2D eigenvalue weighted by atomic mass is 16.5. The van der Waals surface area contributed by atoms with Crippen molar-refractivity contribution in [2.24, 2.45) is 0 Å². The van der Waals surface area contributed by atoms with E-state index in [2.05, 4.69) is 60.8 Å². The molecule has 2 aromatic rings. The molecule has 1 N–H and O–H groups in total. The third-order valence-corrected chi connectivity index (χ3v) is 3.59. The average Bonchev–Trinajstić information content (AvgIpc) is 2.49. The first-order valence-corrected chi connectivity index (χ1v) is 6.83. The van der Waals surface area contributed by atoms with E-state index in [0.29, 0.717) is 6.04 Å². The Balaban J connectivity index is 1.76. The van der Waals surface area contributed by atoms with Crippen LogP contribution in [0.3, 0.4) is 0 Å². The molecule has 1 aliphatic heterocycles. The normalized spacial score (nSPS) is 23.2. The molecule has 1 heterocycles. The largest absolute Gasteiger partial charge is 0.371 e. The van der Waals surface area contributed by atoms with Gasteiger partial charge in [-0.1, -0.05) is 54.6 Å². The van der Waals surface area contributed by atoms with Crippen LogP contribution in [0.1, 0.15) is 18.6 Å². The highest BCUT2D eigenvalue weighted by molar-refractivity contribution is 5.63. The second kappa shape index (κ2) is 5.55. The molecule has 19 heavy (non-hydrogen) atoms. The van der Waals surface area contributed by atoms with Gasteiger partial charge in [-0.25, -0.2) is 0 Å². The maximum atomic E-state index is 5.86. The van der Waals surface area contributed by atoms with Crippen molar-refractivity contribution in [2.45, 2.75) is 19.1 Å². The quantitative estimate of drug-likeness (QED) is 0.885. The van der Waals surface area contributed by atoms with Gasteiger partial charge in [-0.05, 0) is 23.6 Å². The van der Waals surface area contributed by atoms with E-state index in [1.807, 2.05) is 6.07 Å². The SMILES string of the molecule is CC1COC(c2ccc(-c3ccccc3)cc2)CN1. The van der Waals surface area contributed by atoms with Crippen molar-refractivity contribution in [3.63, 3.8) is 0 Å². The highest BCUT2D eigenvalue weighted by Gasteiger charge is 2.19. The van der Waals surface area contributed by atoms with Crippen LogP contribution >= 0.6 is 0 Å². The van der Waals surface area contributed by atoms with Crippen molar-refractivity contribution in [1.29, 1.82) is 0 Å². The van der Waals surface area contributed by atoms with Crippen molar-refractivity contribution >= 4 is 0 Å². The van der Waals surface area contributed by atoms with E-state index in [9.17, 15) is 0 Å². The summed E-state index contributed by atoms with van der Waals surface area (Å²) in [6.07, 6.45) is 0.182. The van der Waals surface area contributed by atoms with E-state index in [1.54, 1.807) is 0 Å². The fraction of sp³-hybridized carbons (Fsp3) is 0.294. The van der Waals surface area contributed by atoms with Crippen LogP contribution < -0.4 is 5.32 Å². The van der Waals surface area contributed by atoms with Crippen LogP contribution in [0.15, 0.2) is 54.6 Å². The first-order chi connectivity index (χ1) is 9.33. The molecule has 2 aromatic carbocycles. The molecule has 0 spiro atoms. The Labute approximate surface area is 114 Å². The van der Waals surface area contributed by atoms with Crippen molar-refractivity contribution in [1.82, 2.24) is 5.32 Å². The Morgan fingerprint density at radius 1 is 0.947 bits per heavy atom. The lowest BCUT2D eigenvalue weighted by Crippen LogP contribution is -2.40. The summed E-state index contributed by atoms with van der Waals surface area (Å²) in [4.78, 5) is 0. The molecule has 0 aliphatic carbocycles. The van der Waals surface area contributed by atoms with E-state index in [-0.39, 0.29) is 6.10 Å². The predicted molar refractivity (Wildman–Crippen MR) is 78.0 cm³/mol. The predicted octanol–water partition coefficient (Wildman–Crippen LogP) is 3.40. The summed E-state index contributed by atoms with van der Waals surface area (Å²) in [5, 5.41) is 3.45. The number of hydrogen-bond acceptors (Lipinski definition) is 2. The molecule has 0 aromatic heterocycles. The zero-order chi connectivity index (χ0) is 13.1. The highest BCUT2D eigenvalue weighted by Crippen LogP contribution is 2.24. The molecule has 0 radical (unpaired) electrons. The minimum absolute atomic E-state index is 0.182. The lowest BCUT2D eigenvalue weighted by atomic mass is 10.0. The maximum absolute atomic E-state index is 5.86. The molecule has 1 aliphatic rings. The van der Waals surface area contributed by atoms with Crippen LogP contribution in [0.25, 0.3) is 11.1 Å². The summed E-state index contributed by atoms with van der Waals surface area (Å²) >= 11 is 0. The third kappa shape index (κ3) is 2.86. The first-order valence-electron chi connectivity index (χ1n) is 6.83. The fourth-order valence-electron chi connectivity index (χ4n) is 2.42. The lowest BCUT2D eigenvalue weighted by molar-refractivity contribution is 0.00696. The average molecular weight is 253 g/mol. The molecular formula is C17H19NO. The zero-order valence-electron chi connectivity index (χ0n) is 11.2. The summed E-state index contributed by atoms with van der Waals surface area (Å²) in [6, 6.07) is 19.6. The van der Waals surface area contributed by atoms with E-state index < -0.39 is 0 Å². The molecule has 2 atom stereocenters. The summed E-state index contributed by atoms with van der Waals surface area (Å²) in [6.45, 7) is 3.83. The molecule has 0 saturated carbocycles. The van der Waals surface area contributed by atoms with Crippen LogP contribution in [0.4, 0.5) is 0 Å². The maximum Gasteiger partial charge on any atom is 0.0950 e. The van der Waals surface area contributed by atoms with Gasteiger partial charge in [0.15, 0.2) is 0 Å². The van der Waals surface area contributed by atoms with Gasteiger partial charge >= 0.3 is 0 Å². The Hall–Kier alpha value is -1.64. The summed E-state index contributed by atoms with van der Waals surface area (Å²) in [5.74, 6) is 0. The fourth-order valence-corrected chi connectivity index (χ4v) is 2.42. The van der Waals surface area contributed by atoms with Crippen LogP contribution in [0.5, 0.6) is 0 Å². The first kappa shape index (κ1) is 12.4. The number of benzene rings is 2. The lowest BCUT2D eigenvalue weighted by Gasteiger charge is -2.28. The Bertz CT molecular complexity index is 513. The van der Waals surface area contributed by atoms with Gasteiger partial charge in [-0.2, -0.15) is 0 Å². The van der Waals surface area contributed by atoms with E-state index >= 15 is 0 Å². The molecule has 3 rings (SSSR count). The van der Waals surface area contributed by atoms with Crippen LogP contribution in [-0.4, -0.2) is 19.2 Å². The molecule has 2 heteroatoms. The zero-order valence-corrected chi connectivity index (χ0v) is 11.2. The minimum atomic E-state index is 0.182. The van der Waals surface area contributed by atoms with E-state index in [0.717, 1.165) is 13.2 Å². The van der Waals surface area contributed by atoms with Crippen LogP contribution in [0.2, 0.25) is 0 Å². The monoisotopic (exact) mass is 253 g/mol. The van der Waals surface area contributed by atoms with Gasteiger partial charge in [0.2, 0.25) is 0 Å². The topological polar surface area (TPSA) is 21.3 Å². The molecule has 1 saturated heterocycles. The minimum Gasteiger partial charge on any atom is -0.371 e. The third-order valence-electron chi connectivity index (χ3n) is 3.59. The number of rotatable bonds is 2. The molecule has 2 unspecified atom stereocenters. The van der Waals surface area contributed by atoms with Crippen LogP contribution in [-0.2, 0) is 4.74 Å². The van der Waals surface area contributed by atoms with Gasteiger partial charge in [0.05, 0.1) is 12.7 Å². The number of ether oxygens (including phenoxy) is 1. The van der Waals surface area contributed by atoms with Gasteiger partial charge in [0.25, 0.3) is 0 Å². The van der Waals surface area contributed by atoms with Gasteiger partial charge in [-0.3, -0.25) is 0 Å². The van der Waals surface area contributed by atoms with Crippen LogP contribution in [0, 0.1) is 0 Å². The second-order valence-electron chi connectivity index (χ2n) is 5.12. The van der Waals surface area contributed by atoms with Gasteiger partial charge < -0.3 is 10.1 Å². The van der Waals surface area contributed by atoms with E-state index in [1.165, 1.54) is 16.7 Å². The Morgan fingerprint density at radius 2 is 1.63 bits per heavy atom. The summed E-state index contributed by atoms with van der Waals surface area (Å²) in [5.41, 5.74) is 3.76. The Morgan fingerprint density at radius 3 is 2.26 bits per heavy atom. The van der Waals surface area contributed by atoms with Gasteiger partial charge in [0.1, 0.15) is 0 Å². The molecular weight excluding hydrogens is 234 g/mol. The van der Waals surface area contributed by atoms with Crippen molar-refractivity contribution in [3.05, 3.63) is 60.2 Å². The Kier molecular flexibility index (Phi) is 3.62. The smallest absolute Gasteiger partial charge is 0.0950 e. The molecule has 0 amide bonds. The molecule has 2 nitrogen and oxygen atoms in total. The van der Waals surface area contributed by atoms with Gasteiger partial charge in [-0.15, -0.1) is 0 Å². The number of hydrogen-bond donors (Lipinski definition) is 1. The summed E-state index contributed by atoms with van der Waals surface area (Å²) < 4.78 is 5.86. The molecule has 0 bridgehead atoms. The van der Waals surface area contributed by atoms with Gasteiger partial charge in [0, 0.05) is 12.6 Å². The van der Waals surface area contributed by atoms with E-state index in [4.69, 9.17) is 4.74 Å². The van der Waals surface area contributed by atoms with Crippen molar-refractivity contribution in [3.8, 4) is 11.1 Å². The second-order valence-corrected chi connectivity index (χ2v) is 5.12. The standard InChI is InChI=1S/C17H19NO/c1-13-12-19-17(11-18-13)16-9-7-15(8-10-16)14-5-3-2-4-6-14/h2-10,13,17-18H,11-12H2,1H3. The molecule has 98 valence electrons. The summed E-state index contributed by atoms with van der Waals surface area (Å²) in [7, 11) is 0. The molecule has 1 fully saturated rings. The number of nitrogens with one attached hydrogen (secondary N) is 1. The number of morpholine rings is 1. The van der Waals surface area contributed by atoms with Crippen molar-refractivity contribution in [2.75, 3.05) is 13.2 Å². The van der Waals surface area contributed by atoms with Crippen molar-refractivity contribution < 1.29 is 4.74 Å².